The number of nitrogens with one attached hydrogen (secondary N) is 2. The Morgan fingerprint density at radius 2 is 2.05 bits per heavy atom. The first-order chi connectivity index (χ1) is 9.61. The maximum Gasteiger partial charge on any atom is 0.312 e. The van der Waals surface area contributed by atoms with E-state index in [1.807, 2.05) is 6.92 Å². The molecule has 0 aliphatic carbocycles. The highest BCUT2D eigenvalue weighted by molar-refractivity contribution is 6.35. The van der Waals surface area contributed by atoms with E-state index in [0.717, 1.165) is 6.42 Å². The Bertz CT molecular complexity index is 361. The summed E-state index contributed by atoms with van der Waals surface area (Å²) in [6.45, 7) is 3.57. The Morgan fingerprint density at radius 1 is 1.30 bits per heavy atom. The molecule has 0 aromatic carbocycles. The van der Waals surface area contributed by atoms with Crippen molar-refractivity contribution in [3.8, 4) is 0 Å². The van der Waals surface area contributed by atoms with Gasteiger partial charge in [0, 0.05) is 26.2 Å². The fraction of sp³-hybridized carbons (Fsp3) is 0.750. The molecule has 20 heavy (non-hydrogen) atoms. The van der Waals surface area contributed by atoms with Crippen LogP contribution in [0.4, 0.5) is 0 Å². The summed E-state index contributed by atoms with van der Waals surface area (Å²) in [5.41, 5.74) is 5.26. The molecular formula is C12H22N4O4. The van der Waals surface area contributed by atoms with Crippen molar-refractivity contribution >= 4 is 17.7 Å². The molecular weight excluding hydrogens is 264 g/mol. The van der Waals surface area contributed by atoms with Gasteiger partial charge in [-0.2, -0.15) is 0 Å². The standard InChI is InChI=1S/C12H22N4O4/c1-2-4-14-10(17)9-8-20-7-6-16(9)12(19)11(18)15-5-3-13/h9H,2-8,13H2,1H3,(H,14,17)(H,15,18). The van der Waals surface area contributed by atoms with E-state index in [0.29, 0.717) is 13.2 Å². The molecule has 1 aliphatic rings. The highest BCUT2D eigenvalue weighted by Gasteiger charge is 2.35. The zero-order chi connectivity index (χ0) is 15.0. The lowest BCUT2D eigenvalue weighted by Gasteiger charge is -2.33. The van der Waals surface area contributed by atoms with Crippen molar-refractivity contribution < 1.29 is 19.1 Å². The molecule has 1 rings (SSSR count). The molecule has 0 saturated carbocycles. The molecule has 8 heteroatoms. The summed E-state index contributed by atoms with van der Waals surface area (Å²) in [6, 6.07) is -0.758. The Kier molecular flexibility index (Phi) is 6.96. The van der Waals surface area contributed by atoms with Crippen LogP contribution in [0.2, 0.25) is 0 Å². The molecule has 1 aliphatic heterocycles. The highest BCUT2D eigenvalue weighted by atomic mass is 16.5. The number of rotatable bonds is 5. The van der Waals surface area contributed by atoms with E-state index < -0.39 is 17.9 Å². The van der Waals surface area contributed by atoms with E-state index in [4.69, 9.17) is 10.5 Å². The van der Waals surface area contributed by atoms with Crippen molar-refractivity contribution in [1.82, 2.24) is 15.5 Å². The number of carbonyl (C=O) groups excluding carboxylic acids is 3. The van der Waals surface area contributed by atoms with E-state index >= 15 is 0 Å². The largest absolute Gasteiger partial charge is 0.377 e. The molecule has 8 nitrogen and oxygen atoms in total. The maximum atomic E-state index is 12.0. The predicted molar refractivity (Wildman–Crippen MR) is 71.7 cm³/mol. The molecule has 0 radical (unpaired) electrons. The van der Waals surface area contributed by atoms with Crippen molar-refractivity contribution in [3.05, 3.63) is 0 Å². The van der Waals surface area contributed by atoms with Gasteiger partial charge in [-0.15, -0.1) is 0 Å². The predicted octanol–water partition coefficient (Wildman–Crippen LogP) is -2.19. The Labute approximate surface area is 118 Å². The minimum Gasteiger partial charge on any atom is -0.377 e. The number of morpholine rings is 1. The van der Waals surface area contributed by atoms with Crippen molar-refractivity contribution in [3.63, 3.8) is 0 Å². The molecule has 0 aromatic rings. The first-order valence-electron chi connectivity index (χ1n) is 6.76. The average Bonchev–Trinajstić information content (AvgIpc) is 2.49. The van der Waals surface area contributed by atoms with Crippen LogP contribution >= 0.6 is 0 Å². The van der Waals surface area contributed by atoms with Gasteiger partial charge in [-0.1, -0.05) is 6.92 Å². The lowest BCUT2D eigenvalue weighted by atomic mass is 10.2. The van der Waals surface area contributed by atoms with Gasteiger partial charge in [-0.25, -0.2) is 0 Å². The quantitative estimate of drug-likeness (QED) is 0.497. The van der Waals surface area contributed by atoms with Crippen LogP contribution in [-0.2, 0) is 19.1 Å². The molecule has 114 valence electrons. The Morgan fingerprint density at radius 3 is 2.70 bits per heavy atom. The van der Waals surface area contributed by atoms with Crippen LogP contribution in [0, 0.1) is 0 Å². The van der Waals surface area contributed by atoms with Gasteiger partial charge in [-0.05, 0) is 6.42 Å². The monoisotopic (exact) mass is 286 g/mol. The van der Waals surface area contributed by atoms with Gasteiger partial charge in [0.2, 0.25) is 5.91 Å². The van der Waals surface area contributed by atoms with E-state index in [9.17, 15) is 14.4 Å². The molecule has 1 atom stereocenters. The molecule has 1 unspecified atom stereocenters. The first kappa shape index (κ1) is 16.4. The van der Waals surface area contributed by atoms with Crippen molar-refractivity contribution in [2.45, 2.75) is 19.4 Å². The second-order valence-electron chi connectivity index (χ2n) is 4.42. The van der Waals surface area contributed by atoms with Gasteiger partial charge in [0.15, 0.2) is 0 Å². The van der Waals surface area contributed by atoms with Crippen molar-refractivity contribution in [2.24, 2.45) is 5.73 Å². The molecule has 1 saturated heterocycles. The fourth-order valence-electron chi connectivity index (χ4n) is 1.82. The summed E-state index contributed by atoms with van der Waals surface area (Å²) in [7, 11) is 0. The summed E-state index contributed by atoms with van der Waals surface area (Å²) in [4.78, 5) is 36.9. The van der Waals surface area contributed by atoms with Crippen molar-refractivity contribution in [1.29, 1.82) is 0 Å². The first-order valence-corrected chi connectivity index (χ1v) is 6.76. The van der Waals surface area contributed by atoms with Gasteiger partial charge in [0.1, 0.15) is 6.04 Å². The number of ether oxygens (including phenoxy) is 1. The number of hydrogen-bond donors (Lipinski definition) is 3. The van der Waals surface area contributed by atoms with E-state index in [-0.39, 0.29) is 32.1 Å². The normalized spacial score (nSPS) is 18.5. The zero-order valence-electron chi connectivity index (χ0n) is 11.7. The van der Waals surface area contributed by atoms with E-state index in [1.165, 1.54) is 4.90 Å². The molecule has 0 aromatic heterocycles. The van der Waals surface area contributed by atoms with Crippen LogP contribution in [0.5, 0.6) is 0 Å². The smallest absolute Gasteiger partial charge is 0.312 e. The lowest BCUT2D eigenvalue weighted by Crippen LogP contribution is -2.59. The van der Waals surface area contributed by atoms with Gasteiger partial charge in [0.25, 0.3) is 0 Å². The molecule has 1 fully saturated rings. The SMILES string of the molecule is CCCNC(=O)C1COCCN1C(=O)C(=O)NCCN. The Balaban J connectivity index is 2.65. The number of carbonyl (C=O) groups is 3. The van der Waals surface area contributed by atoms with Gasteiger partial charge < -0.3 is 26.0 Å². The molecule has 0 spiro atoms. The topological polar surface area (TPSA) is 114 Å². The van der Waals surface area contributed by atoms with Crippen LogP contribution in [-0.4, -0.2) is 68.1 Å². The fourth-order valence-corrected chi connectivity index (χ4v) is 1.82. The van der Waals surface area contributed by atoms with Gasteiger partial charge in [-0.3, -0.25) is 14.4 Å². The summed E-state index contributed by atoms with van der Waals surface area (Å²) >= 11 is 0. The maximum absolute atomic E-state index is 12.0. The third-order valence-electron chi connectivity index (χ3n) is 2.87. The second kappa shape index (κ2) is 8.49. The van der Waals surface area contributed by atoms with Crippen LogP contribution in [0.1, 0.15) is 13.3 Å². The minimum absolute atomic E-state index is 0.103. The highest BCUT2D eigenvalue weighted by Crippen LogP contribution is 2.08. The third kappa shape index (κ3) is 4.46. The third-order valence-corrected chi connectivity index (χ3v) is 2.87. The number of nitrogens with zero attached hydrogens (tertiary/aromatic N) is 1. The van der Waals surface area contributed by atoms with E-state index in [2.05, 4.69) is 10.6 Å². The zero-order valence-corrected chi connectivity index (χ0v) is 11.7. The molecule has 4 N–H and O–H groups in total. The van der Waals surface area contributed by atoms with E-state index in [1.54, 1.807) is 0 Å². The second-order valence-corrected chi connectivity index (χ2v) is 4.42. The van der Waals surface area contributed by atoms with Crippen LogP contribution in [0.15, 0.2) is 0 Å². The van der Waals surface area contributed by atoms with Gasteiger partial charge in [0.05, 0.1) is 13.2 Å². The van der Waals surface area contributed by atoms with Crippen LogP contribution in [0.3, 0.4) is 0 Å². The summed E-state index contributed by atoms with van der Waals surface area (Å²) in [5.74, 6) is -1.77. The Hall–Kier alpha value is -1.67. The minimum atomic E-state index is -0.758. The average molecular weight is 286 g/mol. The molecule has 3 amide bonds. The van der Waals surface area contributed by atoms with Crippen molar-refractivity contribution in [2.75, 3.05) is 39.4 Å². The lowest BCUT2D eigenvalue weighted by molar-refractivity contribution is -0.155. The van der Waals surface area contributed by atoms with Gasteiger partial charge >= 0.3 is 11.8 Å². The van der Waals surface area contributed by atoms with Crippen LogP contribution < -0.4 is 16.4 Å². The number of amides is 3. The molecule has 0 bridgehead atoms. The summed E-state index contributed by atoms with van der Waals surface area (Å²) < 4.78 is 5.22. The number of hydrogen-bond acceptors (Lipinski definition) is 5. The number of nitrogens with two attached hydrogens (primary N) is 1. The molecule has 1 heterocycles. The van der Waals surface area contributed by atoms with Crippen LogP contribution in [0.25, 0.3) is 0 Å². The summed E-state index contributed by atoms with van der Waals surface area (Å²) in [5, 5.41) is 5.11. The summed E-state index contributed by atoms with van der Waals surface area (Å²) in [6.07, 6.45) is 0.796.